The number of aryl methyl sites for hydroxylation is 2. The van der Waals surface area contributed by atoms with E-state index < -0.39 is 0 Å². The molecule has 100 valence electrons. The molecule has 0 aliphatic carbocycles. The summed E-state index contributed by atoms with van der Waals surface area (Å²) >= 11 is 0. The van der Waals surface area contributed by atoms with Crippen LogP contribution in [0, 0.1) is 19.7 Å². The van der Waals surface area contributed by atoms with Gasteiger partial charge in [0.25, 0.3) is 0 Å². The first kappa shape index (κ1) is 13.7. The van der Waals surface area contributed by atoms with Gasteiger partial charge < -0.3 is 5.32 Å². The Bertz CT molecular complexity index is 566. The van der Waals surface area contributed by atoms with Gasteiger partial charge in [0.1, 0.15) is 5.82 Å². The van der Waals surface area contributed by atoms with Gasteiger partial charge >= 0.3 is 0 Å². The van der Waals surface area contributed by atoms with Gasteiger partial charge in [0, 0.05) is 18.0 Å². The third-order valence-corrected chi connectivity index (χ3v) is 3.10. The molecular weight excluding hydrogens is 239 g/mol. The lowest BCUT2D eigenvalue weighted by atomic mass is 9.97. The number of benzene rings is 1. The fourth-order valence-electron chi connectivity index (χ4n) is 2.23. The Hall–Kier alpha value is -1.74. The molecule has 2 nitrogen and oxygen atoms in total. The highest BCUT2D eigenvalue weighted by Crippen LogP contribution is 2.25. The molecule has 2 rings (SSSR count). The number of rotatable bonds is 4. The highest BCUT2D eigenvalue weighted by atomic mass is 19.1. The molecule has 0 saturated heterocycles. The first-order chi connectivity index (χ1) is 9.11. The summed E-state index contributed by atoms with van der Waals surface area (Å²) in [5.41, 5.74) is 3.80. The number of halogens is 1. The first-order valence-electron chi connectivity index (χ1n) is 6.52. The topological polar surface area (TPSA) is 24.9 Å². The summed E-state index contributed by atoms with van der Waals surface area (Å²) in [7, 11) is 0. The number of hydrogen-bond acceptors (Lipinski definition) is 2. The molecule has 0 aliphatic heterocycles. The Morgan fingerprint density at radius 1 is 1.16 bits per heavy atom. The highest BCUT2D eigenvalue weighted by molar-refractivity contribution is 5.35. The van der Waals surface area contributed by atoms with Crippen LogP contribution < -0.4 is 5.32 Å². The molecule has 0 bridgehead atoms. The second-order valence-corrected chi connectivity index (χ2v) is 4.81. The van der Waals surface area contributed by atoms with Gasteiger partial charge in [-0.25, -0.2) is 4.39 Å². The van der Waals surface area contributed by atoms with Crippen LogP contribution in [0.5, 0.6) is 0 Å². The molecule has 2 aromatic rings. The average molecular weight is 258 g/mol. The van der Waals surface area contributed by atoms with E-state index in [0.717, 1.165) is 23.2 Å². The van der Waals surface area contributed by atoms with Crippen molar-refractivity contribution in [1.82, 2.24) is 10.3 Å². The molecule has 1 N–H and O–H groups in total. The van der Waals surface area contributed by atoms with Gasteiger partial charge in [0.05, 0.1) is 6.04 Å². The predicted molar refractivity (Wildman–Crippen MR) is 75.6 cm³/mol. The van der Waals surface area contributed by atoms with Gasteiger partial charge in [-0.15, -0.1) is 0 Å². The van der Waals surface area contributed by atoms with Crippen LogP contribution in [0.25, 0.3) is 0 Å². The molecule has 0 fully saturated rings. The van der Waals surface area contributed by atoms with E-state index in [9.17, 15) is 4.39 Å². The van der Waals surface area contributed by atoms with Crippen LogP contribution in [0.4, 0.5) is 4.39 Å². The molecule has 1 atom stereocenters. The molecule has 19 heavy (non-hydrogen) atoms. The van der Waals surface area contributed by atoms with Crippen molar-refractivity contribution in [2.45, 2.75) is 26.8 Å². The molecule has 0 aliphatic rings. The molecule has 0 amide bonds. The molecule has 1 unspecified atom stereocenters. The van der Waals surface area contributed by atoms with E-state index in [0.29, 0.717) is 5.56 Å². The van der Waals surface area contributed by atoms with E-state index in [1.807, 2.05) is 32.9 Å². The maximum atomic E-state index is 14.1. The largest absolute Gasteiger partial charge is 0.306 e. The van der Waals surface area contributed by atoms with E-state index in [2.05, 4.69) is 10.3 Å². The maximum absolute atomic E-state index is 14.1. The number of aromatic nitrogens is 1. The minimum Gasteiger partial charge on any atom is -0.306 e. The summed E-state index contributed by atoms with van der Waals surface area (Å²) in [4.78, 5) is 4.20. The second-order valence-electron chi connectivity index (χ2n) is 4.81. The molecule has 0 saturated carbocycles. The Labute approximate surface area is 113 Å². The normalized spacial score (nSPS) is 12.4. The van der Waals surface area contributed by atoms with Crippen molar-refractivity contribution >= 4 is 0 Å². The van der Waals surface area contributed by atoms with Crippen LogP contribution in [0.15, 0.2) is 36.7 Å². The van der Waals surface area contributed by atoms with Crippen LogP contribution in [-0.2, 0) is 0 Å². The van der Waals surface area contributed by atoms with Crippen LogP contribution in [0.1, 0.15) is 35.2 Å². The van der Waals surface area contributed by atoms with E-state index in [4.69, 9.17) is 0 Å². The monoisotopic (exact) mass is 258 g/mol. The minimum atomic E-state index is -0.182. The van der Waals surface area contributed by atoms with Crippen LogP contribution in [0.2, 0.25) is 0 Å². The Morgan fingerprint density at radius 3 is 2.63 bits per heavy atom. The van der Waals surface area contributed by atoms with E-state index in [-0.39, 0.29) is 11.9 Å². The summed E-state index contributed by atoms with van der Waals surface area (Å²) < 4.78 is 14.1. The first-order valence-corrected chi connectivity index (χ1v) is 6.52. The lowest BCUT2D eigenvalue weighted by molar-refractivity contribution is 0.557. The third-order valence-electron chi connectivity index (χ3n) is 3.10. The summed E-state index contributed by atoms with van der Waals surface area (Å²) in [6.45, 7) is 6.75. The molecule has 1 heterocycles. The Morgan fingerprint density at radius 2 is 1.95 bits per heavy atom. The van der Waals surface area contributed by atoms with Gasteiger partial charge in [-0.2, -0.15) is 0 Å². The van der Waals surface area contributed by atoms with Crippen LogP contribution >= 0.6 is 0 Å². The smallest absolute Gasteiger partial charge is 0.128 e. The number of nitrogens with one attached hydrogen (secondary N) is 1. The van der Waals surface area contributed by atoms with Crippen molar-refractivity contribution < 1.29 is 4.39 Å². The van der Waals surface area contributed by atoms with Crippen molar-refractivity contribution in [2.75, 3.05) is 6.54 Å². The molecule has 0 radical (unpaired) electrons. The summed E-state index contributed by atoms with van der Waals surface area (Å²) in [6.07, 6.45) is 3.60. The van der Waals surface area contributed by atoms with Gasteiger partial charge in [-0.1, -0.05) is 30.7 Å². The van der Waals surface area contributed by atoms with Crippen molar-refractivity contribution in [3.63, 3.8) is 0 Å². The zero-order valence-corrected chi connectivity index (χ0v) is 11.6. The molecule has 1 aromatic carbocycles. The quantitative estimate of drug-likeness (QED) is 0.907. The van der Waals surface area contributed by atoms with E-state index >= 15 is 0 Å². The summed E-state index contributed by atoms with van der Waals surface area (Å²) in [6, 6.07) is 7.10. The Kier molecular flexibility index (Phi) is 4.27. The average Bonchev–Trinajstić information content (AvgIpc) is 2.39. The zero-order valence-electron chi connectivity index (χ0n) is 11.6. The lowest BCUT2D eigenvalue weighted by Crippen LogP contribution is -2.23. The third kappa shape index (κ3) is 3.18. The lowest BCUT2D eigenvalue weighted by Gasteiger charge is -2.20. The van der Waals surface area contributed by atoms with Gasteiger partial charge in [0.2, 0.25) is 0 Å². The van der Waals surface area contributed by atoms with Gasteiger partial charge in [-0.05, 0) is 37.6 Å². The SMILES string of the molecule is CCNC(c1cncc(C)c1)c1cc(C)ccc1F. The van der Waals surface area contributed by atoms with E-state index in [1.54, 1.807) is 18.5 Å². The molecular formula is C16H19FN2. The standard InChI is InChI=1S/C16H19FN2/c1-4-19-16(13-7-12(3)9-18-10-13)14-8-11(2)5-6-15(14)17/h5-10,16,19H,4H2,1-3H3. The number of hydrogen-bond donors (Lipinski definition) is 1. The van der Waals surface area contributed by atoms with Crippen molar-refractivity contribution in [3.8, 4) is 0 Å². The molecule has 1 aromatic heterocycles. The van der Waals surface area contributed by atoms with Gasteiger partial charge in [0.15, 0.2) is 0 Å². The highest BCUT2D eigenvalue weighted by Gasteiger charge is 2.17. The van der Waals surface area contributed by atoms with Crippen molar-refractivity contribution in [3.05, 3.63) is 64.7 Å². The van der Waals surface area contributed by atoms with Gasteiger partial charge in [-0.3, -0.25) is 4.98 Å². The van der Waals surface area contributed by atoms with Crippen molar-refractivity contribution in [2.24, 2.45) is 0 Å². The predicted octanol–water partition coefficient (Wildman–Crippen LogP) is 3.54. The van der Waals surface area contributed by atoms with Crippen molar-refractivity contribution in [1.29, 1.82) is 0 Å². The fraction of sp³-hybridized carbons (Fsp3) is 0.312. The summed E-state index contributed by atoms with van der Waals surface area (Å²) in [5, 5.41) is 3.33. The summed E-state index contributed by atoms with van der Waals surface area (Å²) in [5.74, 6) is -0.182. The zero-order chi connectivity index (χ0) is 13.8. The molecule has 3 heteroatoms. The molecule has 0 spiro atoms. The fourth-order valence-corrected chi connectivity index (χ4v) is 2.23. The van der Waals surface area contributed by atoms with Crippen LogP contribution in [-0.4, -0.2) is 11.5 Å². The second kappa shape index (κ2) is 5.93. The minimum absolute atomic E-state index is 0.155. The van der Waals surface area contributed by atoms with Crippen LogP contribution in [0.3, 0.4) is 0 Å². The number of pyridine rings is 1. The maximum Gasteiger partial charge on any atom is 0.128 e. The Balaban J connectivity index is 2.48. The van der Waals surface area contributed by atoms with E-state index in [1.165, 1.54) is 6.07 Å². The number of nitrogens with zero attached hydrogens (tertiary/aromatic N) is 1.